The lowest BCUT2D eigenvalue weighted by atomic mass is 9.62. The summed E-state index contributed by atoms with van der Waals surface area (Å²) in [5.41, 5.74) is -3.62. The van der Waals surface area contributed by atoms with Gasteiger partial charge in [-0.1, -0.05) is 41.4 Å². The fourth-order valence-electron chi connectivity index (χ4n) is 5.48. The first-order valence-electron chi connectivity index (χ1n) is 11.3. The van der Waals surface area contributed by atoms with Gasteiger partial charge in [0.1, 0.15) is 5.82 Å². The number of likely N-dealkylation sites (tertiary alicyclic amines) is 1. The maximum Gasteiger partial charge on any atom is 0.431 e. The average Bonchev–Trinajstić information content (AvgIpc) is 2.81. The first-order chi connectivity index (χ1) is 16.9. The molecule has 5 nitrogen and oxygen atoms in total. The smallest absolute Gasteiger partial charge is 0.356 e. The van der Waals surface area contributed by atoms with Gasteiger partial charge in [-0.05, 0) is 48.1 Å². The number of carbonyl (C=O) groups excluding carboxylic acids is 2. The molecule has 2 atom stereocenters. The number of amides is 2. The van der Waals surface area contributed by atoms with E-state index in [1.165, 1.54) is 18.2 Å². The number of nitrogens with one attached hydrogen (secondary N) is 1. The van der Waals surface area contributed by atoms with E-state index in [1.54, 1.807) is 12.1 Å². The number of nitrogens with zero attached hydrogens (tertiary/aromatic N) is 1. The van der Waals surface area contributed by atoms with E-state index < -0.39 is 34.5 Å². The van der Waals surface area contributed by atoms with Crippen LogP contribution in [0.3, 0.4) is 0 Å². The van der Waals surface area contributed by atoms with Gasteiger partial charge in [0.25, 0.3) is 11.5 Å². The summed E-state index contributed by atoms with van der Waals surface area (Å²) in [5, 5.41) is 2.60. The molecule has 11 heteroatoms. The number of hydrogen-bond acceptors (Lipinski definition) is 3. The van der Waals surface area contributed by atoms with E-state index in [-0.39, 0.29) is 41.4 Å². The lowest BCUT2D eigenvalue weighted by Gasteiger charge is -2.50. The SMILES string of the molecule is CO[C@](C(=O)N1CCC2(CC1)CC(=O)NC[C@H]2c1ccc(F)cc1)(c1ccc(Cl)cc1Cl)C(F)(F)F. The highest BCUT2D eigenvalue weighted by atomic mass is 35.5. The fraction of sp³-hybridized carbons (Fsp3) is 0.440. The van der Waals surface area contributed by atoms with Crippen molar-refractivity contribution < 1.29 is 31.9 Å². The minimum atomic E-state index is -5.12. The minimum Gasteiger partial charge on any atom is -0.356 e. The van der Waals surface area contributed by atoms with Gasteiger partial charge in [0, 0.05) is 54.7 Å². The Bertz CT molecular complexity index is 1150. The highest BCUT2D eigenvalue weighted by molar-refractivity contribution is 6.35. The maximum absolute atomic E-state index is 14.5. The monoisotopic (exact) mass is 546 g/mol. The predicted octanol–water partition coefficient (Wildman–Crippen LogP) is 5.45. The molecule has 0 radical (unpaired) electrons. The van der Waals surface area contributed by atoms with Gasteiger partial charge >= 0.3 is 6.18 Å². The number of ether oxygens (including phenoxy) is 1. The molecule has 0 aromatic heterocycles. The van der Waals surface area contributed by atoms with Crippen molar-refractivity contribution in [2.45, 2.75) is 37.0 Å². The minimum absolute atomic E-state index is 0.0177. The summed E-state index contributed by atoms with van der Waals surface area (Å²) in [6.07, 6.45) is -4.37. The van der Waals surface area contributed by atoms with Gasteiger partial charge in [-0.15, -0.1) is 0 Å². The van der Waals surface area contributed by atoms with Crippen LogP contribution < -0.4 is 5.32 Å². The number of piperidine rings is 2. The van der Waals surface area contributed by atoms with Crippen molar-refractivity contribution in [1.82, 2.24) is 10.2 Å². The van der Waals surface area contributed by atoms with Crippen LogP contribution in [0, 0.1) is 11.2 Å². The highest BCUT2D eigenvalue weighted by Gasteiger charge is 2.65. The molecule has 2 saturated heterocycles. The first kappa shape index (κ1) is 26.7. The van der Waals surface area contributed by atoms with Crippen molar-refractivity contribution in [1.29, 1.82) is 0 Å². The first-order valence-corrected chi connectivity index (χ1v) is 12.1. The van der Waals surface area contributed by atoms with Crippen molar-refractivity contribution >= 4 is 35.0 Å². The lowest BCUT2D eigenvalue weighted by Crippen LogP contribution is -2.60. The molecular weight excluding hydrogens is 523 g/mol. The summed E-state index contributed by atoms with van der Waals surface area (Å²) in [7, 11) is 0.817. The molecule has 0 aliphatic carbocycles. The van der Waals surface area contributed by atoms with Gasteiger partial charge in [0.15, 0.2) is 0 Å². The molecule has 0 saturated carbocycles. The average molecular weight is 547 g/mol. The van der Waals surface area contributed by atoms with E-state index in [1.807, 2.05) is 0 Å². The molecule has 2 fully saturated rings. The zero-order valence-corrected chi connectivity index (χ0v) is 20.8. The third-order valence-corrected chi connectivity index (χ3v) is 7.94. The van der Waals surface area contributed by atoms with E-state index in [0.717, 1.165) is 29.7 Å². The Balaban J connectivity index is 1.65. The van der Waals surface area contributed by atoms with Crippen LogP contribution in [0.25, 0.3) is 0 Å². The van der Waals surface area contributed by atoms with Crippen molar-refractivity contribution in [2.24, 2.45) is 5.41 Å². The zero-order chi connectivity index (χ0) is 26.3. The molecule has 2 heterocycles. The molecule has 2 amide bonds. The second-order valence-corrected chi connectivity index (χ2v) is 10.1. The second kappa shape index (κ2) is 9.84. The number of halogens is 6. The predicted molar refractivity (Wildman–Crippen MR) is 126 cm³/mol. The molecule has 0 unspecified atom stereocenters. The summed E-state index contributed by atoms with van der Waals surface area (Å²) in [6, 6.07) is 9.37. The molecule has 1 spiro atoms. The fourth-order valence-corrected chi connectivity index (χ4v) is 6.03. The number of benzene rings is 2. The number of carbonyl (C=O) groups is 2. The Labute approximate surface area is 215 Å². The number of alkyl halides is 3. The largest absolute Gasteiger partial charge is 0.431 e. The molecule has 2 aromatic carbocycles. The third-order valence-electron chi connectivity index (χ3n) is 7.39. The molecular formula is C25H24Cl2F4N2O3. The third kappa shape index (κ3) is 4.57. The molecule has 2 aromatic rings. The van der Waals surface area contributed by atoms with Crippen LogP contribution >= 0.6 is 23.2 Å². The zero-order valence-electron chi connectivity index (χ0n) is 19.3. The topological polar surface area (TPSA) is 58.6 Å². The number of rotatable bonds is 4. The van der Waals surface area contributed by atoms with E-state index in [2.05, 4.69) is 5.32 Å². The molecule has 194 valence electrons. The summed E-state index contributed by atoms with van der Waals surface area (Å²) < 4.78 is 62.0. The molecule has 2 aliphatic heterocycles. The number of hydrogen-bond donors (Lipinski definition) is 1. The van der Waals surface area contributed by atoms with Crippen LogP contribution in [0.4, 0.5) is 17.6 Å². The molecule has 1 N–H and O–H groups in total. The normalized spacial score (nSPS) is 21.7. The Morgan fingerprint density at radius 3 is 2.31 bits per heavy atom. The van der Waals surface area contributed by atoms with Gasteiger partial charge in [-0.25, -0.2) is 4.39 Å². The van der Waals surface area contributed by atoms with Crippen molar-refractivity contribution in [3.05, 3.63) is 69.5 Å². The lowest BCUT2D eigenvalue weighted by molar-refractivity contribution is -0.271. The Hall–Kier alpha value is -2.36. The Kier molecular flexibility index (Phi) is 7.29. The standard InChI is InChI=1S/C25H24Cl2F4N2O3/c1-36-24(25(29,30)31,18-7-4-16(26)12-20(18)27)22(35)33-10-8-23(9-11-33)13-21(34)32-14-19(23)15-2-5-17(28)6-3-15/h2-7,12,19H,8-11,13-14H2,1H3,(H,32,34)/t19-,24-/m0/s1. The molecule has 36 heavy (non-hydrogen) atoms. The summed E-state index contributed by atoms with van der Waals surface area (Å²) in [5.74, 6) is -2.01. The molecule has 0 bridgehead atoms. The van der Waals surface area contributed by atoms with Gasteiger partial charge in [0.2, 0.25) is 5.91 Å². The summed E-state index contributed by atoms with van der Waals surface area (Å²) in [6.45, 7) is 0.287. The Morgan fingerprint density at radius 1 is 1.11 bits per heavy atom. The van der Waals surface area contributed by atoms with Crippen LogP contribution in [0.15, 0.2) is 42.5 Å². The van der Waals surface area contributed by atoms with E-state index in [4.69, 9.17) is 27.9 Å². The van der Waals surface area contributed by atoms with Crippen LogP contribution in [0.1, 0.15) is 36.3 Å². The van der Waals surface area contributed by atoms with Crippen LogP contribution in [-0.2, 0) is 19.9 Å². The van der Waals surface area contributed by atoms with Crippen LogP contribution in [0.5, 0.6) is 0 Å². The number of methoxy groups -OCH3 is 1. The second-order valence-electron chi connectivity index (χ2n) is 9.25. The maximum atomic E-state index is 14.5. The van der Waals surface area contributed by atoms with Crippen molar-refractivity contribution in [3.8, 4) is 0 Å². The van der Waals surface area contributed by atoms with Gasteiger partial charge in [-0.2, -0.15) is 13.2 Å². The van der Waals surface area contributed by atoms with Crippen LogP contribution in [0.2, 0.25) is 10.0 Å². The molecule has 4 rings (SSSR count). The van der Waals surface area contributed by atoms with Crippen molar-refractivity contribution in [3.63, 3.8) is 0 Å². The summed E-state index contributed by atoms with van der Waals surface area (Å²) in [4.78, 5) is 27.0. The molecule has 2 aliphatic rings. The van der Waals surface area contributed by atoms with Crippen LogP contribution in [-0.4, -0.2) is 49.6 Å². The van der Waals surface area contributed by atoms with Gasteiger partial charge in [-0.3, -0.25) is 9.59 Å². The van der Waals surface area contributed by atoms with E-state index in [0.29, 0.717) is 19.4 Å². The summed E-state index contributed by atoms with van der Waals surface area (Å²) >= 11 is 12.0. The highest BCUT2D eigenvalue weighted by Crippen LogP contribution is 2.51. The van der Waals surface area contributed by atoms with Crippen molar-refractivity contribution in [2.75, 3.05) is 26.7 Å². The van der Waals surface area contributed by atoms with E-state index >= 15 is 0 Å². The van der Waals surface area contributed by atoms with Gasteiger partial charge < -0.3 is 15.0 Å². The quantitative estimate of drug-likeness (QED) is 0.519. The Morgan fingerprint density at radius 2 is 1.75 bits per heavy atom. The van der Waals surface area contributed by atoms with Gasteiger partial charge in [0.05, 0.1) is 0 Å². The van der Waals surface area contributed by atoms with E-state index in [9.17, 15) is 27.2 Å².